The fourth-order valence-corrected chi connectivity index (χ4v) is 10.6. The minimum Gasteiger partial charge on any atom is -0.381 e. The number of hydrogen-bond donors (Lipinski definition) is 0. The van der Waals surface area contributed by atoms with Crippen molar-refractivity contribution in [3.63, 3.8) is 0 Å². The Morgan fingerprint density at radius 3 is 2.11 bits per heavy atom. The first-order valence-electron chi connectivity index (χ1n) is 24.3. The summed E-state index contributed by atoms with van der Waals surface area (Å²) in [5, 5.41) is 0. The second-order valence-corrected chi connectivity index (χ2v) is 19.4. The summed E-state index contributed by atoms with van der Waals surface area (Å²) in [5.41, 5.74) is 2.61. The molecule has 3 unspecified atom stereocenters. The van der Waals surface area contributed by atoms with Gasteiger partial charge in [-0.05, 0) is 138 Å². The molecule has 5 heteroatoms. The Labute approximate surface area is 341 Å². The van der Waals surface area contributed by atoms with E-state index >= 15 is 0 Å². The fraction of sp³-hybridized carbons (Fsp3) is 0.920. The first kappa shape index (κ1) is 47.0. The van der Waals surface area contributed by atoms with E-state index in [2.05, 4.69) is 57.7 Å². The van der Waals surface area contributed by atoms with Crippen molar-refractivity contribution >= 4 is 0 Å². The average molecular weight is 770 g/mol. The highest BCUT2D eigenvalue weighted by atomic mass is 16.5. The van der Waals surface area contributed by atoms with Crippen LogP contribution >= 0.6 is 0 Å². The molecule has 0 aromatic carbocycles. The Kier molecular flexibility index (Phi) is 23.2. The Morgan fingerprint density at radius 1 is 0.727 bits per heavy atom. The zero-order chi connectivity index (χ0) is 39.0. The maximum atomic E-state index is 6.44. The largest absolute Gasteiger partial charge is 0.381 e. The highest BCUT2D eigenvalue weighted by Gasteiger charge is 2.52. The van der Waals surface area contributed by atoms with Gasteiger partial charge in [-0.3, -0.25) is 0 Å². The molecule has 0 aromatic heterocycles. The smallest absolute Gasteiger partial charge is 0.0934 e. The van der Waals surface area contributed by atoms with Crippen LogP contribution in [0.2, 0.25) is 0 Å². The molecule has 5 nitrogen and oxygen atoms in total. The topological polar surface area (TPSA) is 40.2 Å². The third-order valence-electron chi connectivity index (χ3n) is 14.7. The molecule has 3 aliphatic carbocycles. The lowest BCUT2D eigenvalue weighted by molar-refractivity contribution is -0.0503. The number of fused-ring (bicyclic) bond motifs is 3. The lowest BCUT2D eigenvalue weighted by Gasteiger charge is -2.57. The van der Waals surface area contributed by atoms with Crippen molar-refractivity contribution in [2.24, 2.45) is 28.6 Å². The molecule has 1 heterocycles. The molecule has 1 saturated heterocycles. The van der Waals surface area contributed by atoms with Crippen molar-refractivity contribution in [2.75, 3.05) is 59.3 Å². The molecule has 0 bridgehead atoms. The molecule has 0 aromatic rings. The van der Waals surface area contributed by atoms with Gasteiger partial charge in [0.05, 0.1) is 18.8 Å². The second-order valence-electron chi connectivity index (χ2n) is 19.4. The van der Waals surface area contributed by atoms with Crippen molar-refractivity contribution in [2.45, 2.75) is 207 Å². The van der Waals surface area contributed by atoms with Crippen molar-refractivity contribution in [1.82, 2.24) is 4.90 Å². The third-order valence-corrected chi connectivity index (χ3v) is 14.7. The summed E-state index contributed by atoms with van der Waals surface area (Å²) in [4.78, 5) is 2.59. The number of nitrogens with zero attached hydrogens (tertiary/aromatic N) is 1. The van der Waals surface area contributed by atoms with Crippen LogP contribution in [-0.2, 0) is 18.9 Å². The summed E-state index contributed by atoms with van der Waals surface area (Å²) in [5.74, 6) is 2.55. The summed E-state index contributed by atoms with van der Waals surface area (Å²) >= 11 is 0. The Hall–Kier alpha value is -0.720. The first-order chi connectivity index (χ1) is 26.8. The fourth-order valence-electron chi connectivity index (χ4n) is 10.6. The minimum atomic E-state index is 0.163. The number of unbranched alkanes of at least 4 members (excludes halogenated alkanes) is 12. The Bertz CT molecular complexity index is 1030. The van der Waals surface area contributed by atoms with Crippen LogP contribution in [0.3, 0.4) is 0 Å². The number of hydrogen-bond acceptors (Lipinski definition) is 5. The zero-order valence-corrected chi connectivity index (χ0v) is 37.2. The van der Waals surface area contributed by atoms with Crippen LogP contribution in [-0.4, -0.2) is 76.4 Å². The van der Waals surface area contributed by atoms with Gasteiger partial charge in [-0.2, -0.15) is 0 Å². The predicted molar refractivity (Wildman–Crippen MR) is 234 cm³/mol. The summed E-state index contributed by atoms with van der Waals surface area (Å²) in [6, 6.07) is 0. The molecular weight excluding hydrogens is 679 g/mol. The molecule has 0 N–H and O–H groups in total. The minimum absolute atomic E-state index is 0.163. The van der Waals surface area contributed by atoms with Gasteiger partial charge in [0.15, 0.2) is 0 Å². The van der Waals surface area contributed by atoms with Crippen LogP contribution in [0.15, 0.2) is 23.8 Å². The van der Waals surface area contributed by atoms with Crippen molar-refractivity contribution in [3.8, 4) is 0 Å². The molecule has 4 aliphatic rings. The van der Waals surface area contributed by atoms with Gasteiger partial charge in [0.1, 0.15) is 0 Å². The molecule has 320 valence electrons. The maximum Gasteiger partial charge on any atom is 0.0934 e. The predicted octanol–water partition coefficient (Wildman–Crippen LogP) is 13.3. The standard InChI is InChI=1S/C50H91NO4/c1-6-7-8-9-10-11-12-13-14-15-16-17-18-19-20-24-35-53-42-46(41-51-33-22-21-23-34-51)55-39-26-37-52-36-25-38-54-45-29-32-50(5)44(40-45)27-28-47-43(2)49(3,4)31-30-48(47)50/h13-14,27,43,45-48H,6-12,15-26,28-42H2,1-5H3/b14-13-/t43?,45-,46?,47-,48?,50-/m0/s1. The normalized spacial score (nSPS) is 27.5. The van der Waals surface area contributed by atoms with E-state index in [0.717, 1.165) is 83.2 Å². The monoisotopic (exact) mass is 770 g/mol. The van der Waals surface area contributed by atoms with E-state index in [1.54, 1.807) is 5.57 Å². The molecule has 0 amide bonds. The molecule has 3 fully saturated rings. The SMILES string of the molecule is CCCCCCCC/C=C\CCCCCCCCOCC(CN1CCCCC1)OCCCOCCCO[C@H]1CC[C@@]2(C)C(=CC[C@H]3C(C)C(C)(C)CCC32)C1. The molecule has 1 aliphatic heterocycles. The Balaban J connectivity index is 0.976. The third kappa shape index (κ3) is 17.2. The van der Waals surface area contributed by atoms with Crippen LogP contribution in [0.4, 0.5) is 0 Å². The molecule has 0 spiro atoms. The molecule has 6 atom stereocenters. The van der Waals surface area contributed by atoms with E-state index in [9.17, 15) is 0 Å². The van der Waals surface area contributed by atoms with Gasteiger partial charge in [0, 0.05) is 39.6 Å². The van der Waals surface area contributed by atoms with Gasteiger partial charge in [-0.1, -0.05) is 123 Å². The zero-order valence-electron chi connectivity index (χ0n) is 37.2. The number of allylic oxidation sites excluding steroid dienone is 3. The van der Waals surface area contributed by atoms with Crippen LogP contribution in [0.25, 0.3) is 0 Å². The number of piperidine rings is 1. The summed E-state index contributed by atoms with van der Waals surface area (Å²) in [6.45, 7) is 20.5. The summed E-state index contributed by atoms with van der Waals surface area (Å²) < 4.78 is 25.1. The number of rotatable bonds is 30. The van der Waals surface area contributed by atoms with E-state index < -0.39 is 0 Å². The first-order valence-corrected chi connectivity index (χ1v) is 24.3. The van der Waals surface area contributed by atoms with E-state index in [0.29, 0.717) is 16.9 Å². The van der Waals surface area contributed by atoms with Crippen molar-refractivity contribution < 1.29 is 18.9 Å². The number of likely N-dealkylation sites (tertiary alicyclic amines) is 1. The summed E-state index contributed by atoms with van der Waals surface area (Å²) in [6.07, 6.45) is 40.5. The van der Waals surface area contributed by atoms with Crippen molar-refractivity contribution in [1.29, 1.82) is 0 Å². The lowest BCUT2D eigenvalue weighted by atomic mass is 9.48. The molecule has 55 heavy (non-hydrogen) atoms. The van der Waals surface area contributed by atoms with Crippen LogP contribution in [0.1, 0.15) is 195 Å². The molecule has 0 radical (unpaired) electrons. The molecular formula is C50H91NO4. The second kappa shape index (κ2) is 27.1. The summed E-state index contributed by atoms with van der Waals surface area (Å²) in [7, 11) is 0. The van der Waals surface area contributed by atoms with Gasteiger partial charge in [-0.15, -0.1) is 0 Å². The Morgan fingerprint density at radius 2 is 1.38 bits per heavy atom. The van der Waals surface area contributed by atoms with E-state index in [4.69, 9.17) is 18.9 Å². The van der Waals surface area contributed by atoms with E-state index in [-0.39, 0.29) is 6.10 Å². The van der Waals surface area contributed by atoms with Gasteiger partial charge < -0.3 is 23.8 Å². The quantitative estimate of drug-likeness (QED) is 0.0537. The number of ether oxygens (including phenoxy) is 4. The molecule has 4 rings (SSSR count). The van der Waals surface area contributed by atoms with E-state index in [1.165, 1.54) is 154 Å². The van der Waals surface area contributed by atoms with Gasteiger partial charge in [0.2, 0.25) is 0 Å². The lowest BCUT2D eigenvalue weighted by Crippen LogP contribution is -2.49. The molecule has 2 saturated carbocycles. The van der Waals surface area contributed by atoms with Crippen molar-refractivity contribution in [3.05, 3.63) is 23.8 Å². The highest BCUT2D eigenvalue weighted by molar-refractivity contribution is 5.24. The van der Waals surface area contributed by atoms with Crippen LogP contribution < -0.4 is 0 Å². The van der Waals surface area contributed by atoms with Gasteiger partial charge in [0.25, 0.3) is 0 Å². The average Bonchev–Trinajstić information content (AvgIpc) is 3.18. The van der Waals surface area contributed by atoms with E-state index in [1.807, 2.05) is 0 Å². The van der Waals surface area contributed by atoms with Crippen LogP contribution in [0.5, 0.6) is 0 Å². The maximum absolute atomic E-state index is 6.44. The van der Waals surface area contributed by atoms with Gasteiger partial charge in [-0.25, -0.2) is 0 Å². The van der Waals surface area contributed by atoms with Crippen LogP contribution in [0, 0.1) is 28.6 Å². The highest BCUT2D eigenvalue weighted by Crippen LogP contribution is 2.61. The van der Waals surface area contributed by atoms with Gasteiger partial charge >= 0.3 is 0 Å².